The van der Waals surface area contributed by atoms with Gasteiger partial charge in [0.15, 0.2) is 11.6 Å². The van der Waals surface area contributed by atoms with E-state index >= 15 is 0 Å². The zero-order valence-electron chi connectivity index (χ0n) is 19.1. The molecule has 1 saturated carbocycles. The molecular weight excluding hydrogens is 449 g/mol. The lowest BCUT2D eigenvalue weighted by Gasteiger charge is -2.27. The molecule has 1 N–H and O–H groups in total. The first-order valence-corrected chi connectivity index (χ1v) is 10.8. The van der Waals surface area contributed by atoms with E-state index in [9.17, 15) is 18.0 Å². The lowest BCUT2D eigenvalue weighted by Crippen LogP contribution is -2.30. The molecule has 3 atom stereocenters. The minimum Gasteiger partial charge on any atom is -0.489 e. The normalized spacial score (nSPS) is 23.7. The van der Waals surface area contributed by atoms with Crippen LogP contribution in [0.1, 0.15) is 29.9 Å². The average molecular weight is 474 g/mol. The zero-order valence-corrected chi connectivity index (χ0v) is 19.1. The van der Waals surface area contributed by atoms with Crippen molar-refractivity contribution in [3.05, 3.63) is 65.2 Å². The van der Waals surface area contributed by atoms with Crippen molar-refractivity contribution in [3.8, 4) is 5.75 Å². The van der Waals surface area contributed by atoms with Crippen molar-refractivity contribution in [2.75, 3.05) is 19.0 Å². The van der Waals surface area contributed by atoms with Crippen molar-refractivity contribution in [2.24, 2.45) is 17.3 Å². The van der Waals surface area contributed by atoms with Gasteiger partial charge in [-0.05, 0) is 43.9 Å². The lowest BCUT2D eigenvalue weighted by atomic mass is 9.82. The van der Waals surface area contributed by atoms with Crippen molar-refractivity contribution >= 4 is 11.7 Å². The highest BCUT2D eigenvalue weighted by atomic mass is 19.2. The number of methoxy groups -OCH3 is 1. The van der Waals surface area contributed by atoms with E-state index in [1.54, 1.807) is 19.9 Å². The van der Waals surface area contributed by atoms with Crippen molar-refractivity contribution in [2.45, 2.75) is 33.3 Å². The molecule has 2 aliphatic carbocycles. The lowest BCUT2D eigenvalue weighted by molar-refractivity contribution is -0.118. The topological polar surface area (TPSA) is 86.2 Å². The Morgan fingerprint density at radius 2 is 2.03 bits per heavy atom. The summed E-state index contributed by atoms with van der Waals surface area (Å²) in [6.45, 7) is 3.58. The molecule has 0 radical (unpaired) electrons. The number of aromatic nitrogens is 3. The third-order valence-corrected chi connectivity index (χ3v) is 6.33. The third-order valence-electron chi connectivity index (χ3n) is 6.33. The Hall–Kier alpha value is -3.27. The fourth-order valence-corrected chi connectivity index (χ4v) is 4.30. The van der Waals surface area contributed by atoms with Gasteiger partial charge in [-0.3, -0.25) is 4.79 Å². The number of allylic oxidation sites excluding steroid dienone is 4. The SMILES string of the molecule is COCc1nc(C)ncc1OC[C@@]1(C2C=CC(F)=C(F)C2)C[C@H]1C(=O)Nc1cc(C)c(F)cn1. The van der Waals surface area contributed by atoms with Gasteiger partial charge in [-0.2, -0.15) is 0 Å². The molecule has 2 aromatic heterocycles. The highest BCUT2D eigenvalue weighted by Crippen LogP contribution is 2.61. The summed E-state index contributed by atoms with van der Waals surface area (Å²) >= 11 is 0. The Morgan fingerprint density at radius 3 is 2.74 bits per heavy atom. The second-order valence-electron chi connectivity index (χ2n) is 8.67. The molecule has 2 aromatic rings. The Morgan fingerprint density at radius 1 is 1.24 bits per heavy atom. The summed E-state index contributed by atoms with van der Waals surface area (Å²) in [5.41, 5.74) is 0.121. The first-order valence-electron chi connectivity index (χ1n) is 10.8. The molecule has 1 fully saturated rings. The van der Waals surface area contributed by atoms with E-state index in [2.05, 4.69) is 20.3 Å². The van der Waals surface area contributed by atoms with E-state index in [-0.39, 0.29) is 31.4 Å². The fraction of sp³-hybridized carbons (Fsp3) is 0.417. The maximum atomic E-state index is 14.1. The quantitative estimate of drug-likeness (QED) is 0.605. The van der Waals surface area contributed by atoms with Crippen LogP contribution < -0.4 is 10.1 Å². The number of hydrogen-bond donors (Lipinski definition) is 1. The highest BCUT2D eigenvalue weighted by molar-refractivity contribution is 5.94. The van der Waals surface area contributed by atoms with Crippen molar-refractivity contribution in [1.29, 1.82) is 0 Å². The van der Waals surface area contributed by atoms with E-state index in [0.717, 1.165) is 12.3 Å². The van der Waals surface area contributed by atoms with Crippen LogP contribution >= 0.6 is 0 Å². The van der Waals surface area contributed by atoms with Gasteiger partial charge < -0.3 is 14.8 Å². The Balaban J connectivity index is 1.55. The molecular formula is C24H25F3N4O3. The number of ether oxygens (including phenoxy) is 2. The van der Waals surface area contributed by atoms with Crippen molar-refractivity contribution in [3.63, 3.8) is 0 Å². The van der Waals surface area contributed by atoms with Gasteiger partial charge in [-0.1, -0.05) is 6.08 Å². The summed E-state index contributed by atoms with van der Waals surface area (Å²) in [5.74, 6) is -2.41. The van der Waals surface area contributed by atoms with Gasteiger partial charge in [0, 0.05) is 24.9 Å². The number of carbonyl (C=O) groups excluding carboxylic acids is 1. The van der Waals surface area contributed by atoms with Crippen LogP contribution in [0.4, 0.5) is 19.0 Å². The molecule has 4 rings (SSSR count). The fourth-order valence-electron chi connectivity index (χ4n) is 4.30. The zero-order chi connectivity index (χ0) is 24.5. The molecule has 10 heteroatoms. The van der Waals surface area contributed by atoms with Crippen LogP contribution in [0.2, 0.25) is 0 Å². The predicted molar refractivity (Wildman–Crippen MR) is 118 cm³/mol. The van der Waals surface area contributed by atoms with E-state index in [1.807, 2.05) is 0 Å². The average Bonchev–Trinajstić information content (AvgIpc) is 3.54. The van der Waals surface area contributed by atoms with Gasteiger partial charge in [0.1, 0.15) is 29.0 Å². The second-order valence-corrected chi connectivity index (χ2v) is 8.67. The van der Waals surface area contributed by atoms with E-state index in [1.165, 1.54) is 19.4 Å². The van der Waals surface area contributed by atoms with Crippen LogP contribution in [0, 0.1) is 36.9 Å². The highest BCUT2D eigenvalue weighted by Gasteiger charge is 2.63. The second kappa shape index (κ2) is 9.54. The number of halogens is 3. The van der Waals surface area contributed by atoms with Gasteiger partial charge in [-0.15, -0.1) is 0 Å². The number of hydrogen-bond acceptors (Lipinski definition) is 6. The first kappa shape index (κ1) is 23.9. The molecule has 7 nitrogen and oxygen atoms in total. The Bertz CT molecular complexity index is 1170. The molecule has 0 spiro atoms. The molecule has 0 aromatic carbocycles. The van der Waals surface area contributed by atoms with Crippen LogP contribution in [0.25, 0.3) is 0 Å². The largest absolute Gasteiger partial charge is 0.489 e. The van der Waals surface area contributed by atoms with Gasteiger partial charge >= 0.3 is 0 Å². The number of nitrogens with one attached hydrogen (secondary N) is 1. The summed E-state index contributed by atoms with van der Waals surface area (Å²) in [5, 5.41) is 2.70. The third kappa shape index (κ3) is 4.82. The molecule has 34 heavy (non-hydrogen) atoms. The maximum absolute atomic E-state index is 14.1. The Labute approximate surface area is 195 Å². The molecule has 0 bridgehead atoms. The van der Waals surface area contributed by atoms with Crippen LogP contribution in [0.5, 0.6) is 5.75 Å². The van der Waals surface area contributed by atoms with Gasteiger partial charge in [0.05, 0.1) is 25.6 Å². The summed E-state index contributed by atoms with van der Waals surface area (Å²) in [7, 11) is 1.53. The van der Waals surface area contributed by atoms with Crippen LogP contribution in [0.3, 0.4) is 0 Å². The number of aryl methyl sites for hydroxylation is 2. The monoisotopic (exact) mass is 474 g/mol. The number of rotatable bonds is 8. The number of pyridine rings is 1. The molecule has 2 aliphatic rings. The summed E-state index contributed by atoms with van der Waals surface area (Å²) in [6, 6.07) is 1.44. The minimum atomic E-state index is -0.908. The molecule has 0 aliphatic heterocycles. The van der Waals surface area contributed by atoms with Crippen LogP contribution in [0.15, 0.2) is 42.3 Å². The van der Waals surface area contributed by atoms with Crippen molar-refractivity contribution < 1.29 is 27.4 Å². The first-order chi connectivity index (χ1) is 16.2. The van der Waals surface area contributed by atoms with Crippen LogP contribution in [-0.4, -0.2) is 34.6 Å². The smallest absolute Gasteiger partial charge is 0.229 e. The van der Waals surface area contributed by atoms with E-state index in [0.29, 0.717) is 29.3 Å². The van der Waals surface area contributed by atoms with Gasteiger partial charge in [0.2, 0.25) is 5.91 Å². The van der Waals surface area contributed by atoms with Crippen LogP contribution in [-0.2, 0) is 16.1 Å². The Kier molecular flexibility index (Phi) is 6.70. The van der Waals surface area contributed by atoms with Gasteiger partial charge in [0.25, 0.3) is 0 Å². The van der Waals surface area contributed by atoms with Gasteiger partial charge in [-0.25, -0.2) is 28.1 Å². The molecule has 1 unspecified atom stereocenters. The molecule has 1 amide bonds. The molecule has 180 valence electrons. The minimum absolute atomic E-state index is 0.0635. The number of carbonyl (C=O) groups is 1. The van der Waals surface area contributed by atoms with E-state index in [4.69, 9.17) is 9.47 Å². The maximum Gasteiger partial charge on any atom is 0.229 e. The summed E-state index contributed by atoms with van der Waals surface area (Å²) < 4.78 is 52.5. The molecule has 2 heterocycles. The molecule has 0 saturated heterocycles. The number of nitrogens with zero attached hydrogens (tertiary/aromatic N) is 3. The summed E-state index contributed by atoms with van der Waals surface area (Å²) in [6.07, 6.45) is 5.47. The van der Waals surface area contributed by atoms with Crippen molar-refractivity contribution in [1.82, 2.24) is 15.0 Å². The predicted octanol–water partition coefficient (Wildman–Crippen LogP) is 4.52. The summed E-state index contributed by atoms with van der Waals surface area (Å²) in [4.78, 5) is 25.5. The standard InChI is InChI=1S/C24H25F3N4O3/c1-13-6-22(29-9-19(13)27)31-23(32)16-8-24(16,15-4-5-17(25)18(26)7-15)12-34-21-10-28-14(2)30-20(21)11-33-3/h4-6,9-10,15-16H,7-8,11-12H2,1-3H3,(H,29,31,32)/t15?,16-,24+/m0/s1. The number of anilines is 1. The van der Waals surface area contributed by atoms with E-state index < -0.39 is 34.7 Å². The number of amides is 1.